The van der Waals surface area contributed by atoms with E-state index in [1.807, 2.05) is 31.2 Å². The van der Waals surface area contributed by atoms with Crippen molar-refractivity contribution in [3.63, 3.8) is 0 Å². The molecule has 0 bridgehead atoms. The molecule has 0 atom stereocenters. The van der Waals surface area contributed by atoms with Crippen LogP contribution >= 0.6 is 0 Å². The molecule has 0 saturated heterocycles. The summed E-state index contributed by atoms with van der Waals surface area (Å²) in [6.45, 7) is 1.82. The summed E-state index contributed by atoms with van der Waals surface area (Å²) in [5.74, 6) is 2.49. The van der Waals surface area contributed by atoms with Gasteiger partial charge in [0, 0.05) is 24.5 Å². The van der Waals surface area contributed by atoms with Crippen LogP contribution in [-0.2, 0) is 4.74 Å². The van der Waals surface area contributed by atoms with Crippen molar-refractivity contribution < 1.29 is 19.1 Å². The molecule has 0 spiro atoms. The number of benzene rings is 2. The molecule has 6 nitrogen and oxygen atoms in total. The third-order valence-electron chi connectivity index (χ3n) is 3.24. The molecule has 0 aliphatic heterocycles. The Balaban J connectivity index is 2.02. The summed E-state index contributed by atoms with van der Waals surface area (Å²) in [6.07, 6.45) is 3.79. The van der Waals surface area contributed by atoms with Crippen molar-refractivity contribution in [2.45, 2.75) is 6.92 Å². The van der Waals surface area contributed by atoms with Crippen LogP contribution in [0.1, 0.15) is 5.56 Å². The van der Waals surface area contributed by atoms with Crippen molar-refractivity contribution in [1.29, 1.82) is 0 Å². The Morgan fingerprint density at radius 3 is 2.68 bits per heavy atom. The number of hydrogen-bond acceptors (Lipinski definition) is 4. The van der Waals surface area contributed by atoms with E-state index in [0.29, 0.717) is 11.4 Å². The summed E-state index contributed by atoms with van der Waals surface area (Å²) in [7, 11) is 1.62. The van der Waals surface area contributed by atoms with Crippen molar-refractivity contribution in [2.24, 2.45) is 0 Å². The number of terminal acetylenes is 1. The first-order valence-electron chi connectivity index (χ1n) is 7.49. The number of nitrogens with zero attached hydrogens (tertiary/aromatic N) is 1. The van der Waals surface area contributed by atoms with Crippen molar-refractivity contribution >= 4 is 23.6 Å². The number of ether oxygens (including phenoxy) is 2. The summed E-state index contributed by atoms with van der Waals surface area (Å²) in [5, 5.41) is 2.50. The Bertz CT molecular complexity index is 811. The fourth-order valence-corrected chi connectivity index (χ4v) is 2.01. The highest BCUT2D eigenvalue weighted by molar-refractivity contribution is 5.89. The van der Waals surface area contributed by atoms with Gasteiger partial charge in [-0.3, -0.25) is 10.2 Å². The number of carbonyl (C=O) groups excluding carboxylic acids is 2. The smallest absolute Gasteiger partial charge is 0.419 e. The Hall–Kier alpha value is -3.46. The van der Waals surface area contributed by atoms with E-state index >= 15 is 0 Å². The number of carbonyl (C=O) groups is 2. The zero-order chi connectivity index (χ0) is 18.2. The number of hydrogen-bond donors (Lipinski definition) is 1. The monoisotopic (exact) mass is 338 g/mol. The van der Waals surface area contributed by atoms with Gasteiger partial charge in [0.05, 0.1) is 0 Å². The van der Waals surface area contributed by atoms with Gasteiger partial charge in [-0.1, -0.05) is 24.1 Å². The van der Waals surface area contributed by atoms with Gasteiger partial charge in [-0.25, -0.2) is 9.59 Å². The number of amides is 2. The van der Waals surface area contributed by atoms with Gasteiger partial charge < -0.3 is 9.47 Å². The summed E-state index contributed by atoms with van der Waals surface area (Å²) in [5.41, 5.74) is 2.18. The van der Waals surface area contributed by atoms with Gasteiger partial charge in [-0.2, -0.15) is 0 Å². The van der Waals surface area contributed by atoms with E-state index < -0.39 is 12.2 Å². The van der Waals surface area contributed by atoms with Crippen LogP contribution in [0.5, 0.6) is 5.75 Å². The quantitative estimate of drug-likeness (QED) is 0.861. The van der Waals surface area contributed by atoms with E-state index in [1.54, 1.807) is 25.2 Å². The third kappa shape index (κ3) is 5.29. The first-order chi connectivity index (χ1) is 12.0. The van der Waals surface area contributed by atoms with Crippen LogP contribution in [0.2, 0.25) is 0 Å². The Labute approximate surface area is 146 Å². The predicted octanol–water partition coefficient (Wildman–Crippen LogP) is 3.81. The lowest BCUT2D eigenvalue weighted by atomic mass is 10.2. The standard InChI is InChI=1S/C19H18N2O4/c1-4-11-24-18(22)20-15-8-6-10-17(13-15)25-19(23)21(3)16-9-5-7-14(2)12-16/h1,5-10,12-13H,11H2,2-3H3,(H,20,22). The summed E-state index contributed by atoms with van der Waals surface area (Å²) in [4.78, 5) is 25.2. The zero-order valence-corrected chi connectivity index (χ0v) is 14.0. The maximum atomic E-state index is 12.3. The number of nitrogens with one attached hydrogen (secondary N) is 1. The molecule has 0 unspecified atom stereocenters. The maximum Gasteiger partial charge on any atom is 0.419 e. The summed E-state index contributed by atoms with van der Waals surface area (Å²) in [6, 6.07) is 13.9. The molecule has 2 aromatic carbocycles. The molecule has 0 aromatic heterocycles. The summed E-state index contributed by atoms with van der Waals surface area (Å²) < 4.78 is 10.1. The molecule has 25 heavy (non-hydrogen) atoms. The molecule has 0 heterocycles. The molecule has 0 radical (unpaired) electrons. The van der Waals surface area contributed by atoms with Crippen LogP contribution < -0.4 is 15.0 Å². The SMILES string of the molecule is C#CCOC(=O)Nc1cccc(OC(=O)N(C)c2cccc(C)c2)c1. The molecule has 128 valence electrons. The van der Waals surface area contributed by atoms with Crippen LogP contribution in [0.15, 0.2) is 48.5 Å². The molecule has 1 N–H and O–H groups in total. The average molecular weight is 338 g/mol. The van der Waals surface area contributed by atoms with E-state index in [4.69, 9.17) is 15.9 Å². The molecule has 0 aliphatic carbocycles. The van der Waals surface area contributed by atoms with E-state index in [9.17, 15) is 9.59 Å². The van der Waals surface area contributed by atoms with Crippen LogP contribution in [0.4, 0.5) is 21.0 Å². The first kappa shape index (κ1) is 17.9. The van der Waals surface area contributed by atoms with E-state index in [2.05, 4.69) is 11.2 Å². The number of aryl methyl sites for hydroxylation is 1. The topological polar surface area (TPSA) is 67.9 Å². The molecule has 0 fully saturated rings. The van der Waals surface area contributed by atoms with Gasteiger partial charge in [0.15, 0.2) is 6.61 Å². The number of anilines is 2. The van der Waals surface area contributed by atoms with E-state index in [0.717, 1.165) is 11.3 Å². The molecule has 2 rings (SSSR count). The molecular weight excluding hydrogens is 320 g/mol. The zero-order valence-electron chi connectivity index (χ0n) is 14.0. The highest BCUT2D eigenvalue weighted by atomic mass is 16.6. The van der Waals surface area contributed by atoms with Crippen molar-refractivity contribution in [3.8, 4) is 18.1 Å². The van der Waals surface area contributed by atoms with Crippen molar-refractivity contribution in [2.75, 3.05) is 23.9 Å². The summed E-state index contributed by atoms with van der Waals surface area (Å²) >= 11 is 0. The predicted molar refractivity (Wildman–Crippen MR) is 95.9 cm³/mol. The van der Waals surface area contributed by atoms with Gasteiger partial charge in [0.25, 0.3) is 0 Å². The second-order valence-electron chi connectivity index (χ2n) is 5.20. The van der Waals surface area contributed by atoms with Gasteiger partial charge in [0.1, 0.15) is 5.75 Å². The van der Waals surface area contributed by atoms with Crippen molar-refractivity contribution in [1.82, 2.24) is 0 Å². The van der Waals surface area contributed by atoms with E-state index in [1.165, 1.54) is 11.0 Å². The minimum atomic E-state index is -0.682. The minimum Gasteiger partial charge on any atom is -0.436 e. The average Bonchev–Trinajstić information content (AvgIpc) is 2.59. The highest BCUT2D eigenvalue weighted by Gasteiger charge is 2.14. The van der Waals surface area contributed by atoms with Crippen LogP contribution in [0.25, 0.3) is 0 Å². The molecule has 2 amide bonds. The normalized spacial score (nSPS) is 9.64. The lowest BCUT2D eigenvalue weighted by molar-refractivity contribution is 0.176. The van der Waals surface area contributed by atoms with Gasteiger partial charge in [0.2, 0.25) is 0 Å². The Morgan fingerprint density at radius 2 is 1.96 bits per heavy atom. The highest BCUT2D eigenvalue weighted by Crippen LogP contribution is 2.20. The Kier molecular flexibility index (Phi) is 6.02. The Morgan fingerprint density at radius 1 is 1.20 bits per heavy atom. The van der Waals surface area contributed by atoms with E-state index in [-0.39, 0.29) is 6.61 Å². The molecule has 0 aliphatic rings. The maximum absolute atomic E-state index is 12.3. The third-order valence-corrected chi connectivity index (χ3v) is 3.24. The van der Waals surface area contributed by atoms with Gasteiger partial charge in [-0.05, 0) is 36.8 Å². The second-order valence-corrected chi connectivity index (χ2v) is 5.20. The molecule has 2 aromatic rings. The van der Waals surface area contributed by atoms with Crippen LogP contribution in [0, 0.1) is 19.3 Å². The van der Waals surface area contributed by atoms with Crippen LogP contribution in [-0.4, -0.2) is 25.8 Å². The largest absolute Gasteiger partial charge is 0.436 e. The number of rotatable bonds is 4. The molecule has 0 saturated carbocycles. The molecule has 6 heteroatoms. The van der Waals surface area contributed by atoms with Gasteiger partial charge >= 0.3 is 12.2 Å². The minimum absolute atomic E-state index is 0.123. The van der Waals surface area contributed by atoms with Crippen molar-refractivity contribution in [3.05, 3.63) is 54.1 Å². The lowest BCUT2D eigenvalue weighted by Gasteiger charge is -2.17. The fraction of sp³-hybridized carbons (Fsp3) is 0.158. The lowest BCUT2D eigenvalue weighted by Crippen LogP contribution is -2.29. The van der Waals surface area contributed by atoms with Gasteiger partial charge in [-0.15, -0.1) is 6.42 Å². The second kappa shape index (κ2) is 8.41. The fourth-order valence-electron chi connectivity index (χ4n) is 2.01. The van der Waals surface area contributed by atoms with Crippen LogP contribution in [0.3, 0.4) is 0 Å². The first-order valence-corrected chi connectivity index (χ1v) is 7.49. The molecular formula is C19H18N2O4.